The molecule has 3 N–H and O–H groups in total. The van der Waals surface area contributed by atoms with Gasteiger partial charge >= 0.3 is 0 Å². The molecule has 0 unspecified atom stereocenters. The van der Waals surface area contributed by atoms with Crippen LogP contribution in [-0.2, 0) is 0 Å². The predicted octanol–water partition coefficient (Wildman–Crippen LogP) is 4.46. The summed E-state index contributed by atoms with van der Waals surface area (Å²) in [6, 6.07) is 18.0. The second kappa shape index (κ2) is 6.24. The van der Waals surface area contributed by atoms with Crippen LogP contribution < -0.4 is 10.6 Å². The summed E-state index contributed by atoms with van der Waals surface area (Å²) in [7, 11) is 0. The Labute approximate surface area is 145 Å². The molecule has 0 fully saturated rings. The molecule has 2 aromatic heterocycles. The van der Waals surface area contributed by atoms with Gasteiger partial charge in [0.05, 0.1) is 5.52 Å². The lowest BCUT2D eigenvalue weighted by atomic mass is 10.2. The number of fused-ring (bicyclic) bond motifs is 1. The SMILES string of the molecule is Cc1ccc(Nc2nc(Nc3cc(C)[nH]n3)c3ccccc3n2)cc1. The van der Waals surface area contributed by atoms with E-state index in [1.165, 1.54) is 5.56 Å². The van der Waals surface area contributed by atoms with Crippen molar-refractivity contribution < 1.29 is 0 Å². The number of aryl methyl sites for hydroxylation is 2. The number of H-pyrrole nitrogens is 1. The summed E-state index contributed by atoms with van der Waals surface area (Å²) < 4.78 is 0. The van der Waals surface area contributed by atoms with Gasteiger partial charge in [-0.25, -0.2) is 4.98 Å². The third-order valence-electron chi connectivity index (χ3n) is 3.86. The number of rotatable bonds is 4. The van der Waals surface area contributed by atoms with Gasteiger partial charge in [-0.2, -0.15) is 10.1 Å². The van der Waals surface area contributed by atoms with Gasteiger partial charge in [-0.1, -0.05) is 29.8 Å². The average Bonchev–Trinajstić information content (AvgIpc) is 3.02. The van der Waals surface area contributed by atoms with Gasteiger partial charge in [0.15, 0.2) is 5.82 Å². The van der Waals surface area contributed by atoms with Gasteiger partial charge in [-0.3, -0.25) is 5.10 Å². The van der Waals surface area contributed by atoms with E-state index in [9.17, 15) is 0 Å². The molecule has 0 amide bonds. The molecule has 0 spiro atoms. The maximum atomic E-state index is 4.64. The summed E-state index contributed by atoms with van der Waals surface area (Å²) in [5.41, 5.74) is 4.00. The van der Waals surface area contributed by atoms with Crippen LogP contribution in [0, 0.1) is 13.8 Å². The molecule has 0 bridgehead atoms. The zero-order valence-electron chi connectivity index (χ0n) is 14.0. The minimum absolute atomic E-state index is 0.539. The van der Waals surface area contributed by atoms with Crippen molar-refractivity contribution in [2.45, 2.75) is 13.8 Å². The van der Waals surface area contributed by atoms with Crippen LogP contribution in [0.4, 0.5) is 23.3 Å². The van der Waals surface area contributed by atoms with E-state index in [-0.39, 0.29) is 0 Å². The van der Waals surface area contributed by atoms with Crippen molar-refractivity contribution in [3.8, 4) is 0 Å². The zero-order chi connectivity index (χ0) is 17.2. The fourth-order valence-electron chi connectivity index (χ4n) is 2.60. The molecule has 0 aliphatic carbocycles. The molecule has 0 radical (unpaired) electrons. The van der Waals surface area contributed by atoms with E-state index in [2.05, 4.69) is 49.9 Å². The summed E-state index contributed by atoms with van der Waals surface area (Å²) in [5.74, 6) is 1.98. The number of hydrogen-bond acceptors (Lipinski definition) is 5. The van der Waals surface area contributed by atoms with Gasteiger partial charge in [0.25, 0.3) is 0 Å². The van der Waals surface area contributed by atoms with E-state index in [0.717, 1.165) is 28.1 Å². The normalized spacial score (nSPS) is 10.8. The maximum absolute atomic E-state index is 4.64. The molecule has 4 aromatic rings. The Morgan fingerprint density at radius 3 is 2.44 bits per heavy atom. The van der Waals surface area contributed by atoms with Crippen molar-refractivity contribution in [1.82, 2.24) is 20.2 Å². The van der Waals surface area contributed by atoms with E-state index in [1.807, 2.05) is 49.4 Å². The number of para-hydroxylation sites is 1. The average molecular weight is 330 g/mol. The van der Waals surface area contributed by atoms with Crippen molar-refractivity contribution in [3.63, 3.8) is 0 Å². The minimum Gasteiger partial charge on any atom is -0.324 e. The third-order valence-corrected chi connectivity index (χ3v) is 3.86. The lowest BCUT2D eigenvalue weighted by molar-refractivity contribution is 1.05. The Balaban J connectivity index is 1.73. The van der Waals surface area contributed by atoms with Gasteiger partial charge in [-0.15, -0.1) is 0 Å². The molecule has 6 nitrogen and oxygen atoms in total. The summed E-state index contributed by atoms with van der Waals surface area (Å²) in [6.07, 6.45) is 0. The minimum atomic E-state index is 0.539. The monoisotopic (exact) mass is 330 g/mol. The lowest BCUT2D eigenvalue weighted by Crippen LogP contribution is -2.02. The number of benzene rings is 2. The molecule has 0 saturated carbocycles. The molecule has 6 heteroatoms. The second-order valence-electron chi connectivity index (χ2n) is 5.97. The largest absolute Gasteiger partial charge is 0.324 e. The molecule has 124 valence electrons. The van der Waals surface area contributed by atoms with E-state index in [1.54, 1.807) is 0 Å². The van der Waals surface area contributed by atoms with Crippen molar-refractivity contribution >= 4 is 34.2 Å². The maximum Gasteiger partial charge on any atom is 0.229 e. The number of nitrogens with one attached hydrogen (secondary N) is 3. The third kappa shape index (κ3) is 3.28. The number of aromatic amines is 1. The van der Waals surface area contributed by atoms with Crippen LogP contribution in [0.1, 0.15) is 11.3 Å². The van der Waals surface area contributed by atoms with Gasteiger partial charge in [0.2, 0.25) is 5.95 Å². The molecule has 2 heterocycles. The molecule has 2 aromatic carbocycles. The quantitative estimate of drug-likeness (QED) is 0.515. The van der Waals surface area contributed by atoms with Crippen LogP contribution in [0.3, 0.4) is 0 Å². The van der Waals surface area contributed by atoms with Crippen LogP contribution in [0.25, 0.3) is 10.9 Å². The van der Waals surface area contributed by atoms with Crippen LogP contribution in [-0.4, -0.2) is 20.2 Å². The van der Waals surface area contributed by atoms with E-state index >= 15 is 0 Å². The Morgan fingerprint density at radius 2 is 1.68 bits per heavy atom. The molecule has 25 heavy (non-hydrogen) atoms. The smallest absolute Gasteiger partial charge is 0.229 e. The van der Waals surface area contributed by atoms with Crippen molar-refractivity contribution in [2.24, 2.45) is 0 Å². The molecule has 0 aliphatic rings. The van der Waals surface area contributed by atoms with Crippen LogP contribution in [0.15, 0.2) is 54.6 Å². The molecular weight excluding hydrogens is 312 g/mol. The Morgan fingerprint density at radius 1 is 0.880 bits per heavy atom. The second-order valence-corrected chi connectivity index (χ2v) is 5.97. The van der Waals surface area contributed by atoms with Crippen molar-refractivity contribution in [2.75, 3.05) is 10.6 Å². The highest BCUT2D eigenvalue weighted by atomic mass is 15.2. The molecule has 0 saturated heterocycles. The number of hydrogen-bond donors (Lipinski definition) is 3. The number of anilines is 4. The molecule has 0 atom stereocenters. The Hall–Kier alpha value is -3.41. The first-order valence-electron chi connectivity index (χ1n) is 8.07. The summed E-state index contributed by atoms with van der Waals surface area (Å²) in [6.45, 7) is 4.02. The molecule has 0 aliphatic heterocycles. The number of nitrogens with zero attached hydrogens (tertiary/aromatic N) is 3. The molecule has 4 rings (SSSR count). The number of aromatic nitrogens is 4. The first-order chi connectivity index (χ1) is 12.2. The van der Waals surface area contributed by atoms with Gasteiger partial charge in [-0.05, 0) is 38.1 Å². The Bertz CT molecular complexity index is 1020. The fourth-order valence-corrected chi connectivity index (χ4v) is 2.60. The van der Waals surface area contributed by atoms with E-state index in [4.69, 9.17) is 0 Å². The lowest BCUT2D eigenvalue weighted by Gasteiger charge is -2.10. The zero-order valence-corrected chi connectivity index (χ0v) is 14.0. The fraction of sp³-hybridized carbons (Fsp3) is 0.105. The van der Waals surface area contributed by atoms with E-state index in [0.29, 0.717) is 11.8 Å². The van der Waals surface area contributed by atoms with Crippen molar-refractivity contribution in [3.05, 3.63) is 65.9 Å². The summed E-state index contributed by atoms with van der Waals surface area (Å²) in [5, 5.41) is 14.6. The van der Waals surface area contributed by atoms with Crippen LogP contribution in [0.5, 0.6) is 0 Å². The first-order valence-corrected chi connectivity index (χ1v) is 8.07. The van der Waals surface area contributed by atoms with Gasteiger partial charge in [0.1, 0.15) is 5.82 Å². The van der Waals surface area contributed by atoms with Crippen LogP contribution in [0.2, 0.25) is 0 Å². The highest BCUT2D eigenvalue weighted by molar-refractivity contribution is 5.91. The summed E-state index contributed by atoms with van der Waals surface area (Å²) in [4.78, 5) is 9.25. The van der Waals surface area contributed by atoms with Gasteiger partial charge < -0.3 is 10.6 Å². The highest BCUT2D eigenvalue weighted by Gasteiger charge is 2.09. The Kier molecular flexibility index (Phi) is 3.78. The van der Waals surface area contributed by atoms with E-state index < -0.39 is 0 Å². The highest BCUT2D eigenvalue weighted by Crippen LogP contribution is 2.26. The predicted molar refractivity (Wildman–Crippen MR) is 101 cm³/mol. The standard InChI is InChI=1S/C19H18N6/c1-12-7-9-14(10-8-12)20-19-21-16-6-4-3-5-15(16)18(23-19)22-17-11-13(2)24-25-17/h3-11H,1-2H3,(H3,20,21,22,23,24,25). The topological polar surface area (TPSA) is 78.5 Å². The summed E-state index contributed by atoms with van der Waals surface area (Å²) >= 11 is 0. The molecular formula is C19H18N6. The van der Waals surface area contributed by atoms with Crippen LogP contribution >= 0.6 is 0 Å². The van der Waals surface area contributed by atoms with Crippen molar-refractivity contribution in [1.29, 1.82) is 0 Å². The van der Waals surface area contributed by atoms with Gasteiger partial charge in [0, 0.05) is 22.8 Å². The first kappa shape index (κ1) is 15.1.